The predicted octanol–water partition coefficient (Wildman–Crippen LogP) is 2.31. The highest BCUT2D eigenvalue weighted by Gasteiger charge is 2.11. The lowest BCUT2D eigenvalue weighted by Gasteiger charge is -2.17. The molecule has 1 unspecified atom stereocenters. The smallest absolute Gasteiger partial charge is 0.137 e. The lowest BCUT2D eigenvalue weighted by atomic mass is 10.1. The number of nitrogens with zero attached hydrogens (tertiary/aromatic N) is 3. The van der Waals surface area contributed by atoms with Crippen LogP contribution < -0.4 is 5.32 Å². The van der Waals surface area contributed by atoms with E-state index in [-0.39, 0.29) is 0 Å². The van der Waals surface area contributed by atoms with Crippen LogP contribution in [0.5, 0.6) is 0 Å². The number of ether oxygens (including phenoxy) is 1. The molecule has 0 bridgehead atoms. The summed E-state index contributed by atoms with van der Waals surface area (Å²) in [6, 6.07) is 9.07. The third-order valence-electron chi connectivity index (χ3n) is 3.59. The fourth-order valence-electron chi connectivity index (χ4n) is 2.49. The van der Waals surface area contributed by atoms with Gasteiger partial charge in [-0.25, -0.2) is 9.67 Å². The summed E-state index contributed by atoms with van der Waals surface area (Å²) in [6.45, 7) is 2.52. The zero-order chi connectivity index (χ0) is 13.6. The first-order valence-electron chi connectivity index (χ1n) is 7.16. The molecule has 20 heavy (non-hydrogen) atoms. The molecule has 1 aliphatic heterocycles. The first-order valence-corrected chi connectivity index (χ1v) is 7.16. The molecule has 2 aromatic rings. The summed E-state index contributed by atoms with van der Waals surface area (Å²) in [6.07, 6.45) is 6.70. The molecule has 0 saturated carbocycles. The third kappa shape index (κ3) is 3.57. The number of aromatic nitrogens is 3. The number of anilines is 1. The van der Waals surface area contributed by atoms with Gasteiger partial charge in [-0.1, -0.05) is 12.1 Å². The minimum atomic E-state index is 0.527. The van der Waals surface area contributed by atoms with E-state index in [0.717, 1.165) is 32.6 Å². The van der Waals surface area contributed by atoms with Crippen molar-refractivity contribution in [3.8, 4) is 0 Å². The van der Waals surface area contributed by atoms with Gasteiger partial charge in [0.25, 0.3) is 0 Å². The van der Waals surface area contributed by atoms with Gasteiger partial charge in [0.05, 0.1) is 6.54 Å². The van der Waals surface area contributed by atoms with Crippen molar-refractivity contribution in [3.05, 3.63) is 42.5 Å². The maximum absolute atomic E-state index is 5.48. The zero-order valence-electron chi connectivity index (χ0n) is 11.5. The van der Waals surface area contributed by atoms with Gasteiger partial charge in [0.1, 0.15) is 12.7 Å². The second-order valence-corrected chi connectivity index (χ2v) is 5.17. The van der Waals surface area contributed by atoms with Gasteiger partial charge < -0.3 is 10.1 Å². The van der Waals surface area contributed by atoms with Crippen LogP contribution in [0.15, 0.2) is 36.9 Å². The zero-order valence-corrected chi connectivity index (χ0v) is 11.5. The topological polar surface area (TPSA) is 52.0 Å². The summed E-state index contributed by atoms with van der Waals surface area (Å²) in [7, 11) is 0. The van der Waals surface area contributed by atoms with Crippen LogP contribution in [0.4, 0.5) is 5.69 Å². The Morgan fingerprint density at radius 2 is 2.10 bits per heavy atom. The van der Waals surface area contributed by atoms with Crippen molar-refractivity contribution < 1.29 is 4.74 Å². The van der Waals surface area contributed by atoms with E-state index in [1.54, 1.807) is 12.7 Å². The Kier molecular flexibility index (Phi) is 4.28. The SMILES string of the molecule is c1ncn(Cc2ccc(NC3CCCOCC3)cc2)n1. The average molecular weight is 272 g/mol. The van der Waals surface area contributed by atoms with Crippen LogP contribution in [0.3, 0.4) is 0 Å². The second kappa shape index (κ2) is 6.52. The fraction of sp³-hybridized carbons (Fsp3) is 0.467. The molecule has 1 atom stereocenters. The Morgan fingerprint density at radius 3 is 2.90 bits per heavy atom. The van der Waals surface area contributed by atoms with E-state index in [0.29, 0.717) is 6.04 Å². The molecule has 1 aromatic heterocycles. The molecule has 0 spiro atoms. The summed E-state index contributed by atoms with van der Waals surface area (Å²) in [5.41, 5.74) is 2.41. The molecule has 0 amide bonds. The van der Waals surface area contributed by atoms with Crippen LogP contribution in [0.1, 0.15) is 24.8 Å². The van der Waals surface area contributed by atoms with Gasteiger partial charge in [-0.15, -0.1) is 0 Å². The highest BCUT2D eigenvalue weighted by atomic mass is 16.5. The molecule has 5 heteroatoms. The maximum Gasteiger partial charge on any atom is 0.137 e. The quantitative estimate of drug-likeness (QED) is 0.928. The van der Waals surface area contributed by atoms with Crippen LogP contribution in [0.2, 0.25) is 0 Å². The first-order chi connectivity index (χ1) is 9.90. The summed E-state index contributed by atoms with van der Waals surface area (Å²) >= 11 is 0. The summed E-state index contributed by atoms with van der Waals surface area (Å²) in [5, 5.41) is 7.71. The van der Waals surface area contributed by atoms with Crippen molar-refractivity contribution in [2.75, 3.05) is 18.5 Å². The lowest BCUT2D eigenvalue weighted by Crippen LogP contribution is -2.19. The molecule has 0 aliphatic carbocycles. The molecule has 1 aliphatic rings. The molecular formula is C15H20N4O. The van der Waals surface area contributed by atoms with Gasteiger partial charge in [-0.2, -0.15) is 5.10 Å². The third-order valence-corrected chi connectivity index (χ3v) is 3.59. The molecule has 1 N–H and O–H groups in total. The number of hydrogen-bond donors (Lipinski definition) is 1. The van der Waals surface area contributed by atoms with E-state index in [1.807, 2.05) is 4.68 Å². The summed E-state index contributed by atoms with van der Waals surface area (Å²) < 4.78 is 7.31. The molecule has 1 fully saturated rings. The van der Waals surface area contributed by atoms with Crippen LogP contribution in [0, 0.1) is 0 Å². The van der Waals surface area contributed by atoms with Crippen LogP contribution in [-0.4, -0.2) is 34.0 Å². The Morgan fingerprint density at radius 1 is 1.20 bits per heavy atom. The molecule has 2 heterocycles. The average Bonchev–Trinajstić information content (AvgIpc) is 2.84. The second-order valence-electron chi connectivity index (χ2n) is 5.17. The molecule has 5 nitrogen and oxygen atoms in total. The highest BCUT2D eigenvalue weighted by Crippen LogP contribution is 2.16. The Balaban J connectivity index is 1.58. The minimum absolute atomic E-state index is 0.527. The van der Waals surface area contributed by atoms with Crippen LogP contribution >= 0.6 is 0 Å². The normalized spacial score (nSPS) is 19.5. The van der Waals surface area contributed by atoms with Gasteiger partial charge in [0.2, 0.25) is 0 Å². The van der Waals surface area contributed by atoms with Gasteiger partial charge in [-0.3, -0.25) is 0 Å². The van der Waals surface area contributed by atoms with Crippen LogP contribution in [0.25, 0.3) is 0 Å². The lowest BCUT2D eigenvalue weighted by molar-refractivity contribution is 0.144. The molecule has 1 saturated heterocycles. The van der Waals surface area contributed by atoms with Crippen molar-refractivity contribution in [3.63, 3.8) is 0 Å². The Hall–Kier alpha value is -1.88. The number of benzene rings is 1. The van der Waals surface area contributed by atoms with Crippen molar-refractivity contribution in [2.24, 2.45) is 0 Å². The standard InChI is InChI=1S/C15H20N4O/c1-2-14(7-9-20-8-1)18-15-5-3-13(4-6-15)10-19-12-16-11-17-19/h3-6,11-12,14,18H,1-2,7-10H2. The van der Waals surface area contributed by atoms with Gasteiger partial charge in [-0.05, 0) is 37.0 Å². The highest BCUT2D eigenvalue weighted by molar-refractivity contribution is 5.45. The number of rotatable bonds is 4. The number of hydrogen-bond acceptors (Lipinski definition) is 4. The monoisotopic (exact) mass is 272 g/mol. The largest absolute Gasteiger partial charge is 0.382 e. The van der Waals surface area contributed by atoms with E-state index < -0.39 is 0 Å². The predicted molar refractivity (Wildman–Crippen MR) is 77.6 cm³/mol. The number of nitrogens with one attached hydrogen (secondary N) is 1. The van der Waals surface area contributed by atoms with Gasteiger partial charge >= 0.3 is 0 Å². The Labute approximate surface area is 119 Å². The first kappa shape index (κ1) is 13.1. The van der Waals surface area contributed by atoms with E-state index in [2.05, 4.69) is 39.7 Å². The van der Waals surface area contributed by atoms with E-state index in [4.69, 9.17) is 4.74 Å². The Bertz CT molecular complexity index is 501. The molecule has 106 valence electrons. The van der Waals surface area contributed by atoms with Crippen LogP contribution in [-0.2, 0) is 11.3 Å². The van der Waals surface area contributed by atoms with E-state index >= 15 is 0 Å². The fourth-order valence-corrected chi connectivity index (χ4v) is 2.49. The van der Waals surface area contributed by atoms with Gasteiger partial charge in [0, 0.05) is 24.9 Å². The van der Waals surface area contributed by atoms with Gasteiger partial charge in [0.15, 0.2) is 0 Å². The molecule has 3 rings (SSSR count). The summed E-state index contributed by atoms with van der Waals surface area (Å²) in [5.74, 6) is 0. The minimum Gasteiger partial charge on any atom is -0.382 e. The van der Waals surface area contributed by atoms with E-state index in [1.165, 1.54) is 17.7 Å². The molecule has 0 radical (unpaired) electrons. The molecular weight excluding hydrogens is 252 g/mol. The summed E-state index contributed by atoms with van der Waals surface area (Å²) in [4.78, 5) is 3.95. The van der Waals surface area contributed by atoms with Crippen molar-refractivity contribution in [2.45, 2.75) is 31.8 Å². The van der Waals surface area contributed by atoms with Crippen molar-refractivity contribution in [1.82, 2.24) is 14.8 Å². The molecule has 1 aromatic carbocycles. The van der Waals surface area contributed by atoms with E-state index in [9.17, 15) is 0 Å². The van der Waals surface area contributed by atoms with Crippen molar-refractivity contribution in [1.29, 1.82) is 0 Å². The maximum atomic E-state index is 5.48. The van der Waals surface area contributed by atoms with Crippen molar-refractivity contribution >= 4 is 5.69 Å².